The topological polar surface area (TPSA) is 32.3 Å². The largest absolute Gasteiger partial charge is 0.316 e. The molecule has 66 valence electrons. The summed E-state index contributed by atoms with van der Waals surface area (Å²) in [5.74, 6) is 0. The lowest BCUT2D eigenvalue weighted by atomic mass is 10.0. The third-order valence-corrected chi connectivity index (χ3v) is 2.81. The molecule has 0 atom stereocenters. The molecule has 2 N–H and O–H groups in total. The second kappa shape index (κ2) is 4.03. The molecule has 0 spiro atoms. The van der Waals surface area contributed by atoms with Crippen LogP contribution >= 0.6 is 15.9 Å². The number of aryl methyl sites for hydroxylation is 1. The van der Waals surface area contributed by atoms with Gasteiger partial charge in [0.1, 0.15) is 0 Å². The van der Waals surface area contributed by atoms with E-state index in [2.05, 4.69) is 34.4 Å². The van der Waals surface area contributed by atoms with Gasteiger partial charge in [-0.1, -0.05) is 22.0 Å². The van der Waals surface area contributed by atoms with Gasteiger partial charge in [-0.25, -0.2) is 5.48 Å². The molecule has 2 nitrogen and oxygen atoms in total. The van der Waals surface area contributed by atoms with Crippen LogP contribution < -0.4 is 5.48 Å². The molecular formula is C9H12BrNO. The van der Waals surface area contributed by atoms with Gasteiger partial charge in [0.2, 0.25) is 0 Å². The average Bonchev–Trinajstić information content (AvgIpc) is 2.06. The van der Waals surface area contributed by atoms with Gasteiger partial charge in [-0.3, -0.25) is 0 Å². The number of hydroxylamine groups is 1. The molecule has 0 amide bonds. The Balaban J connectivity index is 3.14. The van der Waals surface area contributed by atoms with Crippen LogP contribution in [0.1, 0.15) is 16.7 Å². The average molecular weight is 230 g/mol. The van der Waals surface area contributed by atoms with E-state index in [1.54, 1.807) is 0 Å². The predicted octanol–water partition coefficient (Wildman–Crippen LogP) is 2.54. The minimum absolute atomic E-state index is 0.480. The fourth-order valence-corrected chi connectivity index (χ4v) is 1.71. The summed E-state index contributed by atoms with van der Waals surface area (Å²) in [6.07, 6.45) is 0. The minimum atomic E-state index is 0.480. The van der Waals surface area contributed by atoms with Crippen LogP contribution in [0.5, 0.6) is 0 Å². The van der Waals surface area contributed by atoms with Crippen LogP contribution in [0.15, 0.2) is 16.6 Å². The van der Waals surface area contributed by atoms with Crippen LogP contribution in [0.4, 0.5) is 0 Å². The number of hydrogen-bond donors (Lipinski definition) is 2. The number of rotatable bonds is 2. The van der Waals surface area contributed by atoms with Crippen LogP contribution in [0.25, 0.3) is 0 Å². The van der Waals surface area contributed by atoms with Crippen molar-refractivity contribution in [3.63, 3.8) is 0 Å². The lowest BCUT2D eigenvalue weighted by Gasteiger charge is -2.09. The predicted molar refractivity (Wildman–Crippen MR) is 52.2 cm³/mol. The highest BCUT2D eigenvalue weighted by Crippen LogP contribution is 2.22. The van der Waals surface area contributed by atoms with Gasteiger partial charge >= 0.3 is 0 Å². The number of nitrogens with one attached hydrogen (secondary N) is 1. The van der Waals surface area contributed by atoms with Crippen molar-refractivity contribution in [2.24, 2.45) is 0 Å². The van der Waals surface area contributed by atoms with E-state index in [-0.39, 0.29) is 0 Å². The Morgan fingerprint density at radius 1 is 1.42 bits per heavy atom. The first-order valence-corrected chi connectivity index (χ1v) is 4.57. The molecule has 0 aliphatic rings. The maximum atomic E-state index is 8.59. The zero-order chi connectivity index (χ0) is 9.14. The van der Waals surface area contributed by atoms with Crippen molar-refractivity contribution in [1.82, 2.24) is 5.48 Å². The summed E-state index contributed by atoms with van der Waals surface area (Å²) >= 11 is 3.43. The molecule has 3 heteroatoms. The zero-order valence-corrected chi connectivity index (χ0v) is 8.77. The molecule has 0 radical (unpaired) electrons. The molecular weight excluding hydrogens is 218 g/mol. The van der Waals surface area contributed by atoms with E-state index in [4.69, 9.17) is 5.21 Å². The quantitative estimate of drug-likeness (QED) is 0.765. The summed E-state index contributed by atoms with van der Waals surface area (Å²) in [5, 5.41) is 8.59. The van der Waals surface area contributed by atoms with Gasteiger partial charge < -0.3 is 5.21 Å². The van der Waals surface area contributed by atoms with Gasteiger partial charge in [0.05, 0.1) is 0 Å². The highest BCUT2D eigenvalue weighted by molar-refractivity contribution is 9.10. The van der Waals surface area contributed by atoms with Crippen molar-refractivity contribution in [3.05, 3.63) is 33.3 Å². The molecule has 1 aromatic carbocycles. The van der Waals surface area contributed by atoms with Crippen molar-refractivity contribution in [2.75, 3.05) is 0 Å². The van der Waals surface area contributed by atoms with E-state index < -0.39 is 0 Å². The Hall–Kier alpha value is -0.380. The van der Waals surface area contributed by atoms with Gasteiger partial charge in [0.15, 0.2) is 0 Å². The lowest BCUT2D eigenvalue weighted by molar-refractivity contribution is 0.161. The van der Waals surface area contributed by atoms with Crippen LogP contribution in [0.2, 0.25) is 0 Å². The first kappa shape index (κ1) is 9.71. The summed E-state index contributed by atoms with van der Waals surface area (Å²) in [5.41, 5.74) is 5.72. The Bertz CT molecular complexity index is 286. The molecule has 0 aromatic heterocycles. The summed E-state index contributed by atoms with van der Waals surface area (Å²) in [7, 11) is 0. The smallest absolute Gasteiger partial charge is 0.0471 e. The molecule has 0 fully saturated rings. The number of benzene rings is 1. The minimum Gasteiger partial charge on any atom is -0.316 e. The number of halogens is 1. The fraction of sp³-hybridized carbons (Fsp3) is 0.333. The summed E-state index contributed by atoms with van der Waals surface area (Å²) < 4.78 is 1.03. The van der Waals surface area contributed by atoms with Gasteiger partial charge in [-0.2, -0.15) is 0 Å². The van der Waals surface area contributed by atoms with Gasteiger partial charge in [-0.05, 0) is 36.6 Å². The van der Waals surface area contributed by atoms with Crippen molar-refractivity contribution in [2.45, 2.75) is 20.4 Å². The third-order valence-electron chi connectivity index (χ3n) is 2.07. The summed E-state index contributed by atoms with van der Waals surface area (Å²) in [6.45, 7) is 4.59. The summed E-state index contributed by atoms with van der Waals surface area (Å²) in [4.78, 5) is 0. The maximum absolute atomic E-state index is 8.59. The SMILES string of the molecule is Cc1ccc(Br)c(CNO)c1C. The van der Waals surface area contributed by atoms with Gasteiger partial charge in [0, 0.05) is 11.0 Å². The van der Waals surface area contributed by atoms with Crippen LogP contribution in [0, 0.1) is 13.8 Å². The molecule has 0 saturated heterocycles. The molecule has 0 unspecified atom stereocenters. The van der Waals surface area contributed by atoms with Crippen molar-refractivity contribution in [3.8, 4) is 0 Å². The molecule has 0 aliphatic carbocycles. The Kier molecular flexibility index (Phi) is 3.26. The standard InChI is InChI=1S/C9H12BrNO/c1-6-3-4-9(10)8(5-11-12)7(6)2/h3-4,11-12H,5H2,1-2H3. The molecule has 0 aliphatic heterocycles. The lowest BCUT2D eigenvalue weighted by Crippen LogP contribution is -2.08. The first-order chi connectivity index (χ1) is 5.66. The van der Waals surface area contributed by atoms with E-state index in [0.717, 1.165) is 10.0 Å². The first-order valence-electron chi connectivity index (χ1n) is 3.78. The van der Waals surface area contributed by atoms with Crippen LogP contribution in [-0.2, 0) is 6.54 Å². The number of hydrogen-bond acceptors (Lipinski definition) is 2. The van der Waals surface area contributed by atoms with E-state index >= 15 is 0 Å². The van der Waals surface area contributed by atoms with Crippen LogP contribution in [-0.4, -0.2) is 5.21 Å². The Labute approximate surface area is 80.7 Å². The second-order valence-corrected chi connectivity index (χ2v) is 3.66. The third kappa shape index (κ3) is 1.86. The molecule has 0 heterocycles. The zero-order valence-electron chi connectivity index (χ0n) is 7.19. The van der Waals surface area contributed by atoms with Crippen molar-refractivity contribution < 1.29 is 5.21 Å². The Morgan fingerprint density at radius 2 is 2.08 bits per heavy atom. The van der Waals surface area contributed by atoms with E-state index in [1.165, 1.54) is 11.1 Å². The maximum Gasteiger partial charge on any atom is 0.0471 e. The van der Waals surface area contributed by atoms with Crippen LogP contribution in [0.3, 0.4) is 0 Å². The van der Waals surface area contributed by atoms with Gasteiger partial charge in [0.25, 0.3) is 0 Å². The fourth-order valence-electron chi connectivity index (χ4n) is 1.14. The van der Waals surface area contributed by atoms with E-state index in [1.807, 2.05) is 13.0 Å². The highest BCUT2D eigenvalue weighted by Gasteiger charge is 2.04. The monoisotopic (exact) mass is 229 g/mol. The Morgan fingerprint density at radius 3 is 2.67 bits per heavy atom. The van der Waals surface area contributed by atoms with Crippen molar-refractivity contribution >= 4 is 15.9 Å². The molecule has 1 rings (SSSR count). The van der Waals surface area contributed by atoms with Crippen molar-refractivity contribution in [1.29, 1.82) is 0 Å². The molecule has 0 saturated carbocycles. The van der Waals surface area contributed by atoms with E-state index in [9.17, 15) is 0 Å². The summed E-state index contributed by atoms with van der Waals surface area (Å²) in [6, 6.07) is 4.05. The molecule has 0 bridgehead atoms. The molecule has 12 heavy (non-hydrogen) atoms. The molecule has 1 aromatic rings. The highest BCUT2D eigenvalue weighted by atomic mass is 79.9. The van der Waals surface area contributed by atoms with Gasteiger partial charge in [-0.15, -0.1) is 0 Å². The normalized spacial score (nSPS) is 10.3. The van der Waals surface area contributed by atoms with E-state index in [0.29, 0.717) is 6.54 Å². The second-order valence-electron chi connectivity index (χ2n) is 2.80.